The molecule has 1 aliphatic heterocycles. The van der Waals surface area contributed by atoms with Crippen LogP contribution in [0.25, 0.3) is 0 Å². The molecule has 1 fully saturated rings. The second kappa shape index (κ2) is 5.37. The summed E-state index contributed by atoms with van der Waals surface area (Å²) >= 11 is 0. The highest BCUT2D eigenvalue weighted by molar-refractivity contribution is 5.38. The molecule has 0 unspecified atom stereocenters. The number of nitrogens with two attached hydrogens (primary N) is 1. The van der Waals surface area contributed by atoms with E-state index in [1.54, 1.807) is 0 Å². The molecule has 0 bridgehead atoms. The molecule has 2 rings (SSSR count). The van der Waals surface area contributed by atoms with Crippen LogP contribution in [-0.2, 0) is 0 Å². The highest BCUT2D eigenvalue weighted by Gasteiger charge is 2.22. The van der Waals surface area contributed by atoms with E-state index in [-0.39, 0.29) is 0 Å². The summed E-state index contributed by atoms with van der Waals surface area (Å²) in [5.74, 6) is 1.22. The zero-order chi connectivity index (χ0) is 11.4. The Kier molecular flexibility index (Phi) is 3.85. The monoisotopic (exact) mass is 222 g/mol. The molecule has 0 aliphatic carbocycles. The number of aromatic amines is 1. The first kappa shape index (κ1) is 11.5. The largest absolute Gasteiger partial charge is 0.358 e. The Balaban J connectivity index is 1.84. The number of piperidine rings is 1. The third kappa shape index (κ3) is 2.57. The Bertz CT molecular complexity index is 288. The summed E-state index contributed by atoms with van der Waals surface area (Å²) in [6.07, 6.45) is 4.44. The Labute approximate surface area is 97.4 Å². The van der Waals surface area contributed by atoms with Crippen molar-refractivity contribution >= 4 is 5.82 Å². The third-order valence-electron chi connectivity index (χ3n) is 3.51. The molecule has 1 aliphatic rings. The predicted octanol–water partition coefficient (Wildman–Crippen LogP) is 0.874. The summed E-state index contributed by atoms with van der Waals surface area (Å²) < 4.78 is 0. The normalized spacial score (nSPS) is 18.9. The SMILES string of the molecule is CN(c1ccc[nH]1)C1CCN(CCN)CC1. The fraction of sp³-hybridized carbons (Fsp3) is 0.667. The Morgan fingerprint density at radius 2 is 2.25 bits per heavy atom. The van der Waals surface area contributed by atoms with Gasteiger partial charge in [-0.25, -0.2) is 0 Å². The van der Waals surface area contributed by atoms with E-state index in [0.717, 1.165) is 13.1 Å². The summed E-state index contributed by atoms with van der Waals surface area (Å²) in [4.78, 5) is 8.08. The number of hydrogen-bond donors (Lipinski definition) is 2. The predicted molar refractivity (Wildman–Crippen MR) is 67.7 cm³/mol. The Morgan fingerprint density at radius 3 is 2.81 bits per heavy atom. The van der Waals surface area contributed by atoms with Crippen LogP contribution in [0.15, 0.2) is 18.3 Å². The van der Waals surface area contributed by atoms with Crippen LogP contribution in [-0.4, -0.2) is 49.2 Å². The second-order valence-electron chi connectivity index (χ2n) is 4.53. The van der Waals surface area contributed by atoms with E-state index < -0.39 is 0 Å². The zero-order valence-electron chi connectivity index (χ0n) is 10.0. The van der Waals surface area contributed by atoms with Gasteiger partial charge in [-0.1, -0.05) is 0 Å². The maximum Gasteiger partial charge on any atom is 0.105 e. The van der Waals surface area contributed by atoms with Gasteiger partial charge in [-0.15, -0.1) is 0 Å². The van der Waals surface area contributed by atoms with E-state index in [1.807, 2.05) is 6.20 Å². The lowest BCUT2D eigenvalue weighted by molar-refractivity contribution is 0.216. The highest BCUT2D eigenvalue weighted by Crippen LogP contribution is 2.20. The lowest BCUT2D eigenvalue weighted by Crippen LogP contribution is -2.44. The van der Waals surface area contributed by atoms with E-state index in [0.29, 0.717) is 6.04 Å². The fourth-order valence-corrected chi connectivity index (χ4v) is 2.45. The lowest BCUT2D eigenvalue weighted by Gasteiger charge is -2.37. The van der Waals surface area contributed by atoms with Gasteiger partial charge in [-0.2, -0.15) is 0 Å². The molecule has 1 aromatic heterocycles. The van der Waals surface area contributed by atoms with E-state index in [4.69, 9.17) is 5.73 Å². The van der Waals surface area contributed by atoms with Crippen molar-refractivity contribution in [2.75, 3.05) is 38.1 Å². The molecule has 3 N–H and O–H groups in total. The number of anilines is 1. The molecule has 2 heterocycles. The van der Waals surface area contributed by atoms with Crippen molar-refractivity contribution in [3.63, 3.8) is 0 Å². The van der Waals surface area contributed by atoms with Crippen LogP contribution < -0.4 is 10.6 Å². The molecule has 0 spiro atoms. The van der Waals surface area contributed by atoms with Crippen LogP contribution in [0.5, 0.6) is 0 Å². The quantitative estimate of drug-likeness (QED) is 0.795. The van der Waals surface area contributed by atoms with Gasteiger partial charge in [0.05, 0.1) is 0 Å². The number of aromatic nitrogens is 1. The van der Waals surface area contributed by atoms with E-state index >= 15 is 0 Å². The topological polar surface area (TPSA) is 48.3 Å². The first-order valence-corrected chi connectivity index (χ1v) is 6.10. The van der Waals surface area contributed by atoms with Crippen LogP contribution in [0.4, 0.5) is 5.82 Å². The lowest BCUT2D eigenvalue weighted by atomic mass is 10.0. The van der Waals surface area contributed by atoms with Crippen LogP contribution in [0, 0.1) is 0 Å². The van der Waals surface area contributed by atoms with Crippen LogP contribution >= 0.6 is 0 Å². The molecule has 90 valence electrons. The minimum atomic E-state index is 0.660. The maximum atomic E-state index is 5.57. The van der Waals surface area contributed by atoms with Crippen LogP contribution in [0.2, 0.25) is 0 Å². The van der Waals surface area contributed by atoms with Gasteiger partial charge in [0, 0.05) is 45.5 Å². The molecule has 4 nitrogen and oxygen atoms in total. The molecular formula is C12H22N4. The summed E-state index contributed by atoms with van der Waals surface area (Å²) in [7, 11) is 2.18. The van der Waals surface area contributed by atoms with E-state index in [2.05, 4.69) is 34.0 Å². The summed E-state index contributed by atoms with van der Waals surface area (Å²) in [5, 5.41) is 0. The molecule has 1 saturated heterocycles. The van der Waals surface area contributed by atoms with Gasteiger partial charge in [-0.3, -0.25) is 0 Å². The van der Waals surface area contributed by atoms with Gasteiger partial charge in [0.25, 0.3) is 0 Å². The third-order valence-corrected chi connectivity index (χ3v) is 3.51. The smallest absolute Gasteiger partial charge is 0.105 e. The summed E-state index contributed by atoms with van der Waals surface area (Å²) in [5.41, 5.74) is 5.57. The van der Waals surface area contributed by atoms with Crippen molar-refractivity contribution in [2.45, 2.75) is 18.9 Å². The average molecular weight is 222 g/mol. The molecule has 16 heavy (non-hydrogen) atoms. The highest BCUT2D eigenvalue weighted by atomic mass is 15.2. The molecule has 1 aromatic rings. The Morgan fingerprint density at radius 1 is 1.50 bits per heavy atom. The molecular weight excluding hydrogens is 200 g/mol. The van der Waals surface area contributed by atoms with Crippen molar-refractivity contribution < 1.29 is 0 Å². The van der Waals surface area contributed by atoms with E-state index in [1.165, 1.54) is 31.7 Å². The minimum absolute atomic E-state index is 0.660. The molecule has 0 atom stereocenters. The zero-order valence-corrected chi connectivity index (χ0v) is 10.0. The molecule has 4 heteroatoms. The van der Waals surface area contributed by atoms with Gasteiger partial charge in [0.2, 0.25) is 0 Å². The molecule has 0 saturated carbocycles. The van der Waals surface area contributed by atoms with Crippen molar-refractivity contribution in [1.29, 1.82) is 0 Å². The number of hydrogen-bond acceptors (Lipinski definition) is 3. The van der Waals surface area contributed by atoms with Crippen LogP contribution in [0.3, 0.4) is 0 Å². The number of nitrogens with one attached hydrogen (secondary N) is 1. The van der Waals surface area contributed by atoms with Gasteiger partial charge >= 0.3 is 0 Å². The average Bonchev–Trinajstić information content (AvgIpc) is 2.83. The number of rotatable bonds is 4. The maximum absolute atomic E-state index is 5.57. The van der Waals surface area contributed by atoms with Crippen molar-refractivity contribution in [3.05, 3.63) is 18.3 Å². The van der Waals surface area contributed by atoms with Crippen molar-refractivity contribution in [1.82, 2.24) is 9.88 Å². The number of nitrogens with zero attached hydrogens (tertiary/aromatic N) is 2. The molecule has 0 amide bonds. The van der Waals surface area contributed by atoms with Crippen LogP contribution in [0.1, 0.15) is 12.8 Å². The van der Waals surface area contributed by atoms with Crippen molar-refractivity contribution in [2.24, 2.45) is 5.73 Å². The van der Waals surface area contributed by atoms with Gasteiger partial charge in [0.1, 0.15) is 5.82 Å². The second-order valence-corrected chi connectivity index (χ2v) is 4.53. The summed E-state index contributed by atoms with van der Waals surface area (Å²) in [6, 6.07) is 4.84. The van der Waals surface area contributed by atoms with Gasteiger partial charge in [0.15, 0.2) is 0 Å². The van der Waals surface area contributed by atoms with Crippen molar-refractivity contribution in [3.8, 4) is 0 Å². The number of likely N-dealkylation sites (tertiary alicyclic amines) is 1. The summed E-state index contributed by atoms with van der Waals surface area (Å²) in [6.45, 7) is 4.16. The standard InChI is InChI=1S/C12H22N4/c1-15(12-3-2-7-14-12)11-4-8-16(9-5-11)10-6-13/h2-3,7,11,14H,4-6,8-10,13H2,1H3. The fourth-order valence-electron chi connectivity index (χ4n) is 2.45. The minimum Gasteiger partial charge on any atom is -0.358 e. The van der Waals surface area contributed by atoms with Gasteiger partial charge < -0.3 is 20.5 Å². The van der Waals surface area contributed by atoms with Gasteiger partial charge in [-0.05, 0) is 25.0 Å². The first-order chi connectivity index (χ1) is 7.81. The number of H-pyrrole nitrogens is 1. The van der Waals surface area contributed by atoms with E-state index in [9.17, 15) is 0 Å². The molecule has 0 radical (unpaired) electrons. The Hall–Kier alpha value is -1.00. The molecule has 0 aromatic carbocycles. The first-order valence-electron chi connectivity index (χ1n) is 6.10.